The van der Waals surface area contributed by atoms with Gasteiger partial charge in [-0.1, -0.05) is 15.9 Å². The first-order valence-corrected chi connectivity index (χ1v) is 7.26. The molecular formula is C14H21BrN2O. The van der Waals surface area contributed by atoms with Crippen LogP contribution in [0.15, 0.2) is 22.7 Å². The zero-order valence-corrected chi connectivity index (χ0v) is 12.6. The molecule has 3 nitrogen and oxygen atoms in total. The molecule has 2 rings (SSSR count). The fourth-order valence-electron chi connectivity index (χ4n) is 2.76. The van der Waals surface area contributed by atoms with Crippen LogP contribution in [0, 0.1) is 0 Å². The zero-order chi connectivity index (χ0) is 13.1. The molecule has 1 aliphatic heterocycles. The van der Waals surface area contributed by atoms with Gasteiger partial charge < -0.3 is 10.5 Å². The van der Waals surface area contributed by atoms with Crippen LogP contribution in [0.3, 0.4) is 0 Å². The van der Waals surface area contributed by atoms with Crippen LogP contribution < -0.4 is 10.5 Å². The van der Waals surface area contributed by atoms with Crippen LogP contribution >= 0.6 is 15.9 Å². The molecule has 2 atom stereocenters. The number of ether oxygens (including phenoxy) is 1. The van der Waals surface area contributed by atoms with Crippen LogP contribution in [0.1, 0.15) is 31.4 Å². The Kier molecular flexibility index (Phi) is 4.65. The average Bonchev–Trinajstić information content (AvgIpc) is 2.79. The molecule has 1 aromatic rings. The van der Waals surface area contributed by atoms with Gasteiger partial charge in [-0.05, 0) is 50.1 Å². The van der Waals surface area contributed by atoms with Gasteiger partial charge in [-0.15, -0.1) is 0 Å². The lowest BCUT2D eigenvalue weighted by Crippen LogP contribution is -2.36. The third kappa shape index (κ3) is 2.71. The topological polar surface area (TPSA) is 38.5 Å². The number of nitrogens with two attached hydrogens (primary N) is 1. The van der Waals surface area contributed by atoms with Crippen molar-refractivity contribution in [1.82, 2.24) is 4.90 Å². The van der Waals surface area contributed by atoms with Gasteiger partial charge in [0, 0.05) is 23.1 Å². The van der Waals surface area contributed by atoms with Gasteiger partial charge >= 0.3 is 0 Å². The van der Waals surface area contributed by atoms with Crippen molar-refractivity contribution < 1.29 is 4.74 Å². The minimum atomic E-state index is 0.270. The number of hydrogen-bond acceptors (Lipinski definition) is 3. The molecule has 0 amide bonds. The molecule has 0 saturated carbocycles. The van der Waals surface area contributed by atoms with Crippen molar-refractivity contribution in [2.75, 3.05) is 20.2 Å². The molecule has 0 aliphatic carbocycles. The molecule has 0 aromatic heterocycles. The number of hydrogen-bond donors (Lipinski definition) is 1. The third-order valence-electron chi connectivity index (χ3n) is 3.79. The van der Waals surface area contributed by atoms with Crippen molar-refractivity contribution >= 4 is 15.9 Å². The van der Waals surface area contributed by atoms with Gasteiger partial charge in [0.25, 0.3) is 0 Å². The van der Waals surface area contributed by atoms with Crippen LogP contribution in [0.25, 0.3) is 0 Å². The van der Waals surface area contributed by atoms with Crippen LogP contribution in [0.5, 0.6) is 5.75 Å². The van der Waals surface area contributed by atoms with E-state index in [1.54, 1.807) is 7.11 Å². The summed E-state index contributed by atoms with van der Waals surface area (Å²) in [6, 6.07) is 6.97. The number of rotatable bonds is 4. The Labute approximate surface area is 117 Å². The summed E-state index contributed by atoms with van der Waals surface area (Å²) in [4.78, 5) is 2.50. The van der Waals surface area contributed by atoms with E-state index in [2.05, 4.69) is 33.8 Å². The van der Waals surface area contributed by atoms with Crippen LogP contribution in [-0.2, 0) is 0 Å². The van der Waals surface area contributed by atoms with E-state index in [-0.39, 0.29) is 6.04 Å². The lowest BCUT2D eigenvalue weighted by molar-refractivity contribution is 0.194. The number of benzene rings is 1. The summed E-state index contributed by atoms with van der Waals surface area (Å²) in [6.07, 6.45) is 2.53. The Morgan fingerprint density at radius 3 is 2.89 bits per heavy atom. The van der Waals surface area contributed by atoms with E-state index in [4.69, 9.17) is 10.5 Å². The van der Waals surface area contributed by atoms with Gasteiger partial charge in [0.05, 0.1) is 7.11 Å². The minimum Gasteiger partial charge on any atom is -0.497 e. The second-order valence-corrected chi connectivity index (χ2v) is 5.72. The van der Waals surface area contributed by atoms with Gasteiger partial charge in [0.15, 0.2) is 0 Å². The fourth-order valence-corrected chi connectivity index (χ4v) is 3.27. The number of halogens is 1. The second-order valence-electron chi connectivity index (χ2n) is 4.87. The number of likely N-dealkylation sites (tertiary alicyclic amines) is 1. The Morgan fingerprint density at radius 2 is 2.33 bits per heavy atom. The van der Waals surface area contributed by atoms with Crippen LogP contribution in [-0.4, -0.2) is 31.1 Å². The monoisotopic (exact) mass is 312 g/mol. The summed E-state index contributed by atoms with van der Waals surface area (Å²) < 4.78 is 6.42. The molecule has 1 heterocycles. The van der Waals surface area contributed by atoms with E-state index in [0.717, 1.165) is 16.8 Å². The van der Waals surface area contributed by atoms with E-state index in [9.17, 15) is 0 Å². The maximum Gasteiger partial charge on any atom is 0.119 e. The summed E-state index contributed by atoms with van der Waals surface area (Å²) in [7, 11) is 1.70. The first-order chi connectivity index (χ1) is 8.67. The van der Waals surface area contributed by atoms with Crippen molar-refractivity contribution in [2.24, 2.45) is 5.73 Å². The standard InChI is InChI=1S/C14H21BrN2O/c1-10-4-3-7-17(10)14(9-16)12-8-11(18-2)5-6-13(12)15/h5-6,8,10,14H,3-4,7,9,16H2,1-2H3. The number of nitrogens with zero attached hydrogens (tertiary/aromatic N) is 1. The molecule has 1 aliphatic rings. The van der Waals surface area contributed by atoms with Gasteiger partial charge in [-0.3, -0.25) is 4.90 Å². The molecular weight excluding hydrogens is 292 g/mol. The molecule has 18 heavy (non-hydrogen) atoms. The normalized spacial score (nSPS) is 22.1. The summed E-state index contributed by atoms with van der Waals surface area (Å²) in [5.41, 5.74) is 7.23. The molecule has 0 bridgehead atoms. The summed E-state index contributed by atoms with van der Waals surface area (Å²) in [6.45, 7) is 4.05. The molecule has 2 unspecified atom stereocenters. The molecule has 1 fully saturated rings. The summed E-state index contributed by atoms with van der Waals surface area (Å²) >= 11 is 3.63. The highest BCUT2D eigenvalue weighted by atomic mass is 79.9. The Morgan fingerprint density at radius 1 is 1.56 bits per heavy atom. The highest BCUT2D eigenvalue weighted by Crippen LogP contribution is 2.34. The average molecular weight is 313 g/mol. The lowest BCUT2D eigenvalue weighted by atomic mass is 10.0. The zero-order valence-electron chi connectivity index (χ0n) is 11.0. The maximum absolute atomic E-state index is 6.00. The predicted octanol–water partition coefficient (Wildman–Crippen LogP) is 2.94. The highest BCUT2D eigenvalue weighted by molar-refractivity contribution is 9.10. The first kappa shape index (κ1) is 13.8. The Bertz CT molecular complexity index is 411. The quantitative estimate of drug-likeness (QED) is 0.929. The Hall–Kier alpha value is -0.580. The largest absolute Gasteiger partial charge is 0.497 e. The maximum atomic E-state index is 6.00. The van der Waals surface area contributed by atoms with Gasteiger partial charge in [0.2, 0.25) is 0 Å². The molecule has 1 aromatic carbocycles. The molecule has 0 spiro atoms. The second kappa shape index (κ2) is 6.04. The smallest absolute Gasteiger partial charge is 0.119 e. The van der Waals surface area contributed by atoms with Crippen molar-refractivity contribution in [1.29, 1.82) is 0 Å². The van der Waals surface area contributed by atoms with Crippen LogP contribution in [0.2, 0.25) is 0 Å². The summed E-state index contributed by atoms with van der Waals surface area (Å²) in [5, 5.41) is 0. The van der Waals surface area contributed by atoms with E-state index in [0.29, 0.717) is 12.6 Å². The van der Waals surface area contributed by atoms with Crippen molar-refractivity contribution in [3.63, 3.8) is 0 Å². The van der Waals surface area contributed by atoms with Gasteiger partial charge in [-0.25, -0.2) is 0 Å². The lowest BCUT2D eigenvalue weighted by Gasteiger charge is -2.31. The van der Waals surface area contributed by atoms with E-state index in [1.165, 1.54) is 18.4 Å². The number of methoxy groups -OCH3 is 1. The van der Waals surface area contributed by atoms with Crippen LogP contribution in [0.4, 0.5) is 0 Å². The Balaban J connectivity index is 2.31. The molecule has 100 valence electrons. The molecule has 0 radical (unpaired) electrons. The summed E-state index contributed by atoms with van der Waals surface area (Å²) in [5.74, 6) is 0.888. The van der Waals surface area contributed by atoms with E-state index < -0.39 is 0 Å². The van der Waals surface area contributed by atoms with Crippen molar-refractivity contribution in [3.8, 4) is 5.75 Å². The van der Waals surface area contributed by atoms with Gasteiger partial charge in [0.1, 0.15) is 5.75 Å². The van der Waals surface area contributed by atoms with E-state index >= 15 is 0 Å². The van der Waals surface area contributed by atoms with E-state index in [1.807, 2.05) is 12.1 Å². The molecule has 4 heteroatoms. The fraction of sp³-hybridized carbons (Fsp3) is 0.571. The predicted molar refractivity (Wildman–Crippen MR) is 77.9 cm³/mol. The minimum absolute atomic E-state index is 0.270. The first-order valence-electron chi connectivity index (χ1n) is 6.46. The van der Waals surface area contributed by atoms with Crippen molar-refractivity contribution in [3.05, 3.63) is 28.2 Å². The van der Waals surface area contributed by atoms with Gasteiger partial charge in [-0.2, -0.15) is 0 Å². The molecule has 1 saturated heterocycles. The third-order valence-corrected chi connectivity index (χ3v) is 4.51. The molecule has 2 N–H and O–H groups in total. The van der Waals surface area contributed by atoms with Crippen molar-refractivity contribution in [2.45, 2.75) is 31.8 Å². The highest BCUT2D eigenvalue weighted by Gasteiger charge is 2.29. The SMILES string of the molecule is COc1ccc(Br)c(C(CN)N2CCCC2C)c1.